The molecule has 0 spiro atoms. The maximum absolute atomic E-state index is 13.2. The Morgan fingerprint density at radius 3 is 2.82 bits per heavy atom. The first-order valence-electron chi connectivity index (χ1n) is 6.21. The van der Waals surface area contributed by atoms with E-state index in [9.17, 15) is 12.8 Å². The number of sulfonamides is 1. The number of thiazole rings is 1. The number of aromatic nitrogens is 1. The van der Waals surface area contributed by atoms with E-state index in [2.05, 4.69) is 9.71 Å². The first-order chi connectivity index (χ1) is 10.4. The van der Waals surface area contributed by atoms with Crippen LogP contribution in [0.25, 0.3) is 10.2 Å². The molecule has 0 fully saturated rings. The Morgan fingerprint density at radius 2 is 2.05 bits per heavy atom. The Balaban J connectivity index is 2.01. The second-order valence-electron chi connectivity index (χ2n) is 4.62. The lowest BCUT2D eigenvalue weighted by Crippen LogP contribution is -2.13. The van der Waals surface area contributed by atoms with E-state index in [1.807, 2.05) is 0 Å². The Kier molecular flexibility index (Phi) is 3.80. The summed E-state index contributed by atoms with van der Waals surface area (Å²) in [4.78, 5) is 4.12. The standard InChI is InChI=1S/C14H10ClFN2O2S2/c1-8-3-2-4-12(13(8)15)22(19,20)18-14-17-10-6-5-9(16)7-11(10)21-14/h2-7H,1H3,(H,17,18). The van der Waals surface area contributed by atoms with Crippen LogP contribution in [0.1, 0.15) is 5.56 Å². The lowest BCUT2D eigenvalue weighted by atomic mass is 10.2. The largest absolute Gasteiger partial charge is 0.265 e. The number of aryl methyl sites for hydroxylation is 1. The van der Waals surface area contributed by atoms with Crippen LogP contribution >= 0.6 is 22.9 Å². The minimum absolute atomic E-state index is 0.0143. The normalized spacial score (nSPS) is 11.8. The zero-order valence-corrected chi connectivity index (χ0v) is 13.7. The molecule has 0 aliphatic heterocycles. The van der Waals surface area contributed by atoms with Crippen LogP contribution in [0, 0.1) is 12.7 Å². The van der Waals surface area contributed by atoms with Crippen LogP contribution in [0.4, 0.5) is 9.52 Å². The van der Waals surface area contributed by atoms with Crippen LogP contribution in [0.3, 0.4) is 0 Å². The number of nitrogens with zero attached hydrogens (tertiary/aromatic N) is 1. The van der Waals surface area contributed by atoms with Gasteiger partial charge >= 0.3 is 0 Å². The zero-order chi connectivity index (χ0) is 15.9. The Morgan fingerprint density at radius 1 is 1.27 bits per heavy atom. The summed E-state index contributed by atoms with van der Waals surface area (Å²) >= 11 is 7.12. The van der Waals surface area contributed by atoms with Gasteiger partial charge in [0.05, 0.1) is 15.2 Å². The van der Waals surface area contributed by atoms with Gasteiger partial charge in [-0.2, -0.15) is 0 Å². The van der Waals surface area contributed by atoms with Crippen LogP contribution in [-0.2, 0) is 10.0 Å². The van der Waals surface area contributed by atoms with Crippen molar-refractivity contribution in [1.82, 2.24) is 4.98 Å². The molecule has 22 heavy (non-hydrogen) atoms. The van der Waals surface area contributed by atoms with Crippen molar-refractivity contribution in [3.63, 3.8) is 0 Å². The van der Waals surface area contributed by atoms with E-state index >= 15 is 0 Å². The smallest absolute Gasteiger partial charge is 0.255 e. The fraction of sp³-hybridized carbons (Fsp3) is 0.0714. The van der Waals surface area contributed by atoms with Gasteiger partial charge in [-0.05, 0) is 36.8 Å². The van der Waals surface area contributed by atoms with E-state index in [0.29, 0.717) is 15.8 Å². The lowest BCUT2D eigenvalue weighted by molar-refractivity contribution is 0.601. The molecule has 8 heteroatoms. The van der Waals surface area contributed by atoms with E-state index in [1.165, 1.54) is 24.3 Å². The molecule has 0 radical (unpaired) electrons. The SMILES string of the molecule is Cc1cccc(S(=O)(=O)Nc2nc3ccc(F)cc3s2)c1Cl. The predicted molar refractivity (Wildman–Crippen MR) is 86.6 cm³/mol. The molecule has 0 bridgehead atoms. The van der Waals surface area contributed by atoms with E-state index in [4.69, 9.17) is 11.6 Å². The topological polar surface area (TPSA) is 59.1 Å². The van der Waals surface area contributed by atoms with Crippen molar-refractivity contribution in [2.75, 3.05) is 4.72 Å². The van der Waals surface area contributed by atoms with E-state index < -0.39 is 15.8 Å². The van der Waals surface area contributed by atoms with Gasteiger partial charge in [0, 0.05) is 0 Å². The van der Waals surface area contributed by atoms with Gasteiger partial charge in [-0.1, -0.05) is 35.1 Å². The average Bonchev–Trinajstić information content (AvgIpc) is 2.82. The van der Waals surface area contributed by atoms with Gasteiger partial charge in [0.2, 0.25) is 0 Å². The maximum atomic E-state index is 13.2. The van der Waals surface area contributed by atoms with Crippen LogP contribution in [-0.4, -0.2) is 13.4 Å². The van der Waals surface area contributed by atoms with Crippen molar-refractivity contribution in [2.45, 2.75) is 11.8 Å². The highest BCUT2D eigenvalue weighted by molar-refractivity contribution is 7.93. The van der Waals surface area contributed by atoms with Gasteiger partial charge < -0.3 is 0 Å². The Hall–Kier alpha value is -1.70. The van der Waals surface area contributed by atoms with E-state index in [1.54, 1.807) is 19.1 Å². The third-order valence-electron chi connectivity index (χ3n) is 3.02. The predicted octanol–water partition coefficient (Wildman–Crippen LogP) is 4.20. The second kappa shape index (κ2) is 5.49. The molecule has 0 unspecified atom stereocenters. The highest BCUT2D eigenvalue weighted by Gasteiger charge is 2.20. The zero-order valence-electron chi connectivity index (χ0n) is 11.3. The number of rotatable bonds is 3. The number of halogens is 2. The molecule has 4 nitrogen and oxygen atoms in total. The molecular formula is C14H10ClFN2O2S2. The van der Waals surface area contributed by atoms with E-state index in [-0.39, 0.29) is 15.0 Å². The number of hydrogen-bond acceptors (Lipinski definition) is 4. The molecule has 114 valence electrons. The van der Waals surface area contributed by atoms with Crippen molar-refractivity contribution >= 4 is 48.3 Å². The molecule has 3 aromatic rings. The molecule has 0 aliphatic rings. The highest BCUT2D eigenvalue weighted by atomic mass is 35.5. The number of benzene rings is 2. The second-order valence-corrected chi connectivity index (χ2v) is 7.68. The average molecular weight is 357 g/mol. The van der Waals surface area contributed by atoms with Gasteiger partial charge in [0.1, 0.15) is 10.7 Å². The van der Waals surface area contributed by atoms with Crippen molar-refractivity contribution in [2.24, 2.45) is 0 Å². The number of hydrogen-bond donors (Lipinski definition) is 1. The summed E-state index contributed by atoms with van der Waals surface area (Å²) in [6, 6.07) is 8.84. The molecule has 1 aromatic heterocycles. The quantitative estimate of drug-likeness (QED) is 0.765. The van der Waals surface area contributed by atoms with Crippen LogP contribution in [0.5, 0.6) is 0 Å². The minimum Gasteiger partial charge on any atom is -0.255 e. The molecular weight excluding hydrogens is 347 g/mol. The first kappa shape index (κ1) is 15.2. The summed E-state index contributed by atoms with van der Waals surface area (Å²) in [5.74, 6) is -0.396. The summed E-state index contributed by atoms with van der Waals surface area (Å²) in [5, 5.41) is 0.334. The Labute approximate surface area is 135 Å². The number of nitrogens with one attached hydrogen (secondary N) is 1. The van der Waals surface area contributed by atoms with Gasteiger partial charge in [0.25, 0.3) is 10.0 Å². The Bertz CT molecular complexity index is 970. The van der Waals surface area contributed by atoms with Gasteiger partial charge in [-0.25, -0.2) is 17.8 Å². The first-order valence-corrected chi connectivity index (χ1v) is 8.88. The van der Waals surface area contributed by atoms with E-state index in [0.717, 1.165) is 11.3 Å². The summed E-state index contributed by atoms with van der Waals surface area (Å²) in [6.45, 7) is 1.72. The van der Waals surface area contributed by atoms with Crippen LogP contribution < -0.4 is 4.72 Å². The van der Waals surface area contributed by atoms with Gasteiger partial charge in [-0.3, -0.25) is 4.72 Å². The third kappa shape index (κ3) is 2.79. The van der Waals surface area contributed by atoms with Crippen molar-refractivity contribution < 1.29 is 12.8 Å². The van der Waals surface area contributed by atoms with Crippen LogP contribution in [0.15, 0.2) is 41.3 Å². The molecule has 2 aromatic carbocycles. The molecule has 0 atom stereocenters. The fourth-order valence-corrected chi connectivity index (χ4v) is 4.65. The monoisotopic (exact) mass is 356 g/mol. The van der Waals surface area contributed by atoms with Gasteiger partial charge in [-0.15, -0.1) is 0 Å². The maximum Gasteiger partial charge on any atom is 0.265 e. The van der Waals surface area contributed by atoms with Crippen molar-refractivity contribution in [3.8, 4) is 0 Å². The molecule has 0 aliphatic carbocycles. The molecule has 3 rings (SSSR count). The van der Waals surface area contributed by atoms with Crippen LogP contribution in [0.2, 0.25) is 5.02 Å². The molecule has 1 heterocycles. The summed E-state index contributed by atoms with van der Waals surface area (Å²) in [5.41, 5.74) is 1.19. The molecule has 1 N–H and O–H groups in total. The summed E-state index contributed by atoms with van der Waals surface area (Å²) in [6.07, 6.45) is 0. The third-order valence-corrected chi connectivity index (χ3v) is 6.08. The van der Waals surface area contributed by atoms with Crippen molar-refractivity contribution in [1.29, 1.82) is 0 Å². The lowest BCUT2D eigenvalue weighted by Gasteiger charge is -2.08. The van der Waals surface area contributed by atoms with Gasteiger partial charge in [0.15, 0.2) is 5.13 Å². The molecule has 0 saturated carbocycles. The number of anilines is 1. The summed E-state index contributed by atoms with van der Waals surface area (Å²) in [7, 11) is -3.85. The molecule has 0 amide bonds. The fourth-order valence-electron chi connectivity index (χ4n) is 1.94. The van der Waals surface area contributed by atoms with Crippen molar-refractivity contribution in [3.05, 3.63) is 52.8 Å². The summed E-state index contributed by atoms with van der Waals surface area (Å²) < 4.78 is 40.9. The minimum atomic E-state index is -3.85. The molecule has 0 saturated heterocycles. The number of fused-ring (bicyclic) bond motifs is 1. The highest BCUT2D eigenvalue weighted by Crippen LogP contribution is 2.30.